The van der Waals surface area contributed by atoms with Gasteiger partial charge in [-0.15, -0.1) is 0 Å². The van der Waals surface area contributed by atoms with Gasteiger partial charge in [-0.3, -0.25) is 14.4 Å². The van der Waals surface area contributed by atoms with E-state index in [4.69, 9.17) is 0 Å². The molecule has 0 atom stereocenters. The van der Waals surface area contributed by atoms with Gasteiger partial charge in [-0.1, -0.05) is 18.6 Å². The second-order valence-electron chi connectivity index (χ2n) is 7.05. The van der Waals surface area contributed by atoms with Crippen LogP contribution in [0, 0.1) is 0 Å². The zero-order chi connectivity index (χ0) is 19.2. The molecule has 1 N–H and O–H groups in total. The van der Waals surface area contributed by atoms with Crippen molar-refractivity contribution in [2.24, 2.45) is 5.10 Å². The maximum atomic E-state index is 12.1. The third-order valence-electron chi connectivity index (χ3n) is 5.02. The number of hydrazone groups is 1. The van der Waals surface area contributed by atoms with Crippen molar-refractivity contribution < 1.29 is 14.4 Å². The van der Waals surface area contributed by atoms with Gasteiger partial charge in [0, 0.05) is 31.6 Å². The number of rotatable bonds is 5. The molecule has 1 aromatic carbocycles. The van der Waals surface area contributed by atoms with Gasteiger partial charge in [0.15, 0.2) is 0 Å². The summed E-state index contributed by atoms with van der Waals surface area (Å²) in [7, 11) is 0. The second-order valence-corrected chi connectivity index (χ2v) is 7.05. The highest BCUT2D eigenvalue weighted by Crippen LogP contribution is 2.21. The van der Waals surface area contributed by atoms with Crippen molar-refractivity contribution in [3.05, 3.63) is 29.8 Å². The number of benzene rings is 1. The van der Waals surface area contributed by atoms with Crippen LogP contribution in [0.2, 0.25) is 0 Å². The van der Waals surface area contributed by atoms with E-state index < -0.39 is 0 Å². The first-order chi connectivity index (χ1) is 13.0. The number of carbonyl (C=O) groups excluding carboxylic acids is 3. The fourth-order valence-electron chi connectivity index (χ4n) is 3.43. The largest absolute Gasteiger partial charge is 0.333 e. The van der Waals surface area contributed by atoms with Gasteiger partial charge in [-0.2, -0.15) is 5.10 Å². The summed E-state index contributed by atoms with van der Waals surface area (Å²) in [6.45, 7) is 3.25. The maximum absolute atomic E-state index is 12.1. The van der Waals surface area contributed by atoms with Crippen LogP contribution in [0.5, 0.6) is 0 Å². The molecule has 1 aromatic rings. The van der Waals surface area contributed by atoms with Crippen molar-refractivity contribution in [3.63, 3.8) is 0 Å². The normalized spacial score (nSPS) is 18.6. The smallest absolute Gasteiger partial charge is 0.259 e. The molecule has 144 valence electrons. The molecule has 7 nitrogen and oxygen atoms in total. The Kier molecular flexibility index (Phi) is 6.21. The lowest BCUT2D eigenvalue weighted by molar-refractivity contribution is -0.135. The quantitative estimate of drug-likeness (QED) is 0.636. The van der Waals surface area contributed by atoms with Crippen LogP contribution in [0.25, 0.3) is 0 Å². The standard InChI is InChI=1S/C20H26N4O3/c1-15(16-8-10-17(11-9-16)24-13-5-7-20(24)27)21-22-18(25)14-23-12-4-2-3-6-19(23)26/h8-11H,2-7,12-14H2,1H3,(H,22,25)/b21-15-. The van der Waals surface area contributed by atoms with E-state index in [9.17, 15) is 14.4 Å². The van der Waals surface area contributed by atoms with Gasteiger partial charge in [0.05, 0.1) is 5.71 Å². The Morgan fingerprint density at radius 3 is 2.44 bits per heavy atom. The van der Waals surface area contributed by atoms with Crippen LogP contribution in [0.1, 0.15) is 51.0 Å². The number of likely N-dealkylation sites (tertiary alicyclic amines) is 1. The van der Waals surface area contributed by atoms with Gasteiger partial charge in [0.25, 0.3) is 5.91 Å². The number of carbonyl (C=O) groups is 3. The number of nitrogens with zero attached hydrogens (tertiary/aromatic N) is 3. The summed E-state index contributed by atoms with van der Waals surface area (Å²) in [5.41, 5.74) is 4.97. The van der Waals surface area contributed by atoms with E-state index >= 15 is 0 Å². The fraction of sp³-hybridized carbons (Fsp3) is 0.500. The van der Waals surface area contributed by atoms with Gasteiger partial charge in [0.1, 0.15) is 6.54 Å². The van der Waals surface area contributed by atoms with Crippen molar-refractivity contribution in [1.82, 2.24) is 10.3 Å². The average Bonchev–Trinajstić information content (AvgIpc) is 3.00. The molecule has 0 aliphatic carbocycles. The lowest BCUT2D eigenvalue weighted by atomic mass is 10.1. The average molecular weight is 370 g/mol. The third-order valence-corrected chi connectivity index (χ3v) is 5.02. The summed E-state index contributed by atoms with van der Waals surface area (Å²) < 4.78 is 0. The number of nitrogens with one attached hydrogen (secondary N) is 1. The molecular weight excluding hydrogens is 344 g/mol. The van der Waals surface area contributed by atoms with Crippen LogP contribution < -0.4 is 10.3 Å². The van der Waals surface area contributed by atoms with Crippen molar-refractivity contribution in [2.45, 2.75) is 45.4 Å². The summed E-state index contributed by atoms with van der Waals surface area (Å²) >= 11 is 0. The lowest BCUT2D eigenvalue weighted by Crippen LogP contribution is -2.39. The zero-order valence-electron chi connectivity index (χ0n) is 15.7. The van der Waals surface area contributed by atoms with E-state index in [1.165, 1.54) is 0 Å². The summed E-state index contributed by atoms with van der Waals surface area (Å²) in [5, 5.41) is 4.15. The third kappa shape index (κ3) is 4.93. The molecule has 0 unspecified atom stereocenters. The van der Waals surface area contributed by atoms with Crippen LogP contribution >= 0.6 is 0 Å². The minimum Gasteiger partial charge on any atom is -0.333 e. The van der Waals surface area contributed by atoms with E-state index in [1.807, 2.05) is 31.2 Å². The van der Waals surface area contributed by atoms with E-state index in [0.717, 1.165) is 43.5 Å². The molecule has 27 heavy (non-hydrogen) atoms. The molecular formula is C20H26N4O3. The van der Waals surface area contributed by atoms with Gasteiger partial charge in [0.2, 0.25) is 11.8 Å². The number of amides is 3. The molecule has 3 amide bonds. The van der Waals surface area contributed by atoms with Gasteiger partial charge in [-0.25, -0.2) is 5.43 Å². The predicted octanol–water partition coefficient (Wildman–Crippen LogP) is 2.06. The van der Waals surface area contributed by atoms with E-state index in [1.54, 1.807) is 9.80 Å². The Labute approximate surface area is 159 Å². The van der Waals surface area contributed by atoms with E-state index in [2.05, 4.69) is 10.5 Å². The molecule has 7 heteroatoms. The zero-order valence-corrected chi connectivity index (χ0v) is 15.7. The van der Waals surface area contributed by atoms with Gasteiger partial charge in [-0.05, 0) is 43.9 Å². The molecule has 2 heterocycles. The van der Waals surface area contributed by atoms with Gasteiger partial charge >= 0.3 is 0 Å². The first kappa shape index (κ1) is 19.1. The highest BCUT2D eigenvalue weighted by Gasteiger charge is 2.21. The first-order valence-corrected chi connectivity index (χ1v) is 9.56. The Bertz CT molecular complexity index is 742. The highest BCUT2D eigenvalue weighted by atomic mass is 16.2. The molecule has 2 aliphatic heterocycles. The Morgan fingerprint density at radius 1 is 1.00 bits per heavy atom. The number of anilines is 1. The monoisotopic (exact) mass is 370 g/mol. The number of hydrogen-bond acceptors (Lipinski definition) is 4. The molecule has 2 aliphatic rings. The van der Waals surface area contributed by atoms with Crippen molar-refractivity contribution in [1.29, 1.82) is 0 Å². The van der Waals surface area contributed by atoms with Crippen molar-refractivity contribution in [2.75, 3.05) is 24.5 Å². The highest BCUT2D eigenvalue weighted by molar-refractivity contribution is 6.00. The molecule has 0 radical (unpaired) electrons. The minimum atomic E-state index is -0.288. The van der Waals surface area contributed by atoms with E-state index in [-0.39, 0.29) is 24.3 Å². The summed E-state index contributed by atoms with van der Waals surface area (Å²) in [5.74, 6) is -0.0947. The molecule has 2 saturated heterocycles. The number of hydrogen-bond donors (Lipinski definition) is 1. The molecule has 3 rings (SSSR count). The van der Waals surface area contributed by atoms with Crippen LogP contribution in [0.4, 0.5) is 5.69 Å². The van der Waals surface area contributed by atoms with Crippen LogP contribution in [-0.2, 0) is 14.4 Å². The van der Waals surface area contributed by atoms with Crippen molar-refractivity contribution >= 4 is 29.1 Å². The van der Waals surface area contributed by atoms with Crippen LogP contribution in [-0.4, -0.2) is 48.0 Å². The lowest BCUT2D eigenvalue weighted by Gasteiger charge is -2.19. The van der Waals surface area contributed by atoms with Crippen LogP contribution in [0.3, 0.4) is 0 Å². The SMILES string of the molecule is C/C(=N/NC(=O)CN1CCCCCC1=O)c1ccc(N2CCCC2=O)cc1. The molecule has 0 saturated carbocycles. The van der Waals surface area contributed by atoms with Gasteiger partial charge < -0.3 is 9.80 Å². The fourth-order valence-corrected chi connectivity index (χ4v) is 3.43. The Hall–Kier alpha value is -2.70. The molecule has 0 aromatic heterocycles. The minimum absolute atomic E-state index is 0.0374. The van der Waals surface area contributed by atoms with Crippen molar-refractivity contribution in [3.8, 4) is 0 Å². The topological polar surface area (TPSA) is 82.1 Å². The van der Waals surface area contributed by atoms with Crippen LogP contribution in [0.15, 0.2) is 29.4 Å². The first-order valence-electron chi connectivity index (χ1n) is 9.56. The summed E-state index contributed by atoms with van der Waals surface area (Å²) in [6.07, 6.45) is 4.88. The summed E-state index contributed by atoms with van der Waals surface area (Å²) in [6, 6.07) is 7.58. The Balaban J connectivity index is 1.56. The molecule has 0 bridgehead atoms. The molecule has 2 fully saturated rings. The summed E-state index contributed by atoms with van der Waals surface area (Å²) in [4.78, 5) is 39.3. The van der Waals surface area contributed by atoms with E-state index in [0.29, 0.717) is 25.1 Å². The second kappa shape index (κ2) is 8.79. The Morgan fingerprint density at radius 2 is 1.74 bits per heavy atom. The maximum Gasteiger partial charge on any atom is 0.259 e. The molecule has 0 spiro atoms. The predicted molar refractivity (Wildman–Crippen MR) is 103 cm³/mol.